The number of β-amino-alcohol motifs (C(OH)–C–C–N with tert-alkyl or cyclic N) is 1. The van der Waals surface area contributed by atoms with Gasteiger partial charge in [0, 0.05) is 22.3 Å². The summed E-state index contributed by atoms with van der Waals surface area (Å²) in [4.78, 5) is 4.99. The standard InChI is InChI=1S/C14H24N2OS/c1-9-6-7-16(8-12(9)17)14(11(3)15)13-5-4-10(2)18-13/h4-5,9,11-12,14,17H,6-8,15H2,1-3H3. The minimum Gasteiger partial charge on any atom is -0.392 e. The van der Waals surface area contributed by atoms with Gasteiger partial charge in [0.25, 0.3) is 0 Å². The van der Waals surface area contributed by atoms with Gasteiger partial charge in [-0.05, 0) is 44.9 Å². The third kappa shape index (κ3) is 2.94. The molecule has 0 aliphatic carbocycles. The number of nitrogens with two attached hydrogens (primary N) is 1. The average Bonchev–Trinajstić information content (AvgIpc) is 2.70. The first-order valence-electron chi connectivity index (χ1n) is 6.73. The molecule has 1 aliphatic rings. The Morgan fingerprint density at radius 2 is 2.22 bits per heavy atom. The predicted octanol–water partition coefficient (Wildman–Crippen LogP) is 2.15. The number of hydrogen-bond donors (Lipinski definition) is 2. The van der Waals surface area contributed by atoms with Crippen LogP contribution in [0.15, 0.2) is 12.1 Å². The number of aliphatic hydroxyl groups excluding tert-OH is 1. The highest BCUT2D eigenvalue weighted by atomic mass is 32.1. The molecular formula is C14H24N2OS. The molecule has 4 atom stereocenters. The summed E-state index contributed by atoms with van der Waals surface area (Å²) in [5.41, 5.74) is 6.17. The molecule has 1 fully saturated rings. The van der Waals surface area contributed by atoms with Crippen molar-refractivity contribution >= 4 is 11.3 Å². The highest BCUT2D eigenvalue weighted by Crippen LogP contribution is 2.32. The van der Waals surface area contributed by atoms with E-state index in [1.165, 1.54) is 9.75 Å². The summed E-state index contributed by atoms with van der Waals surface area (Å²) in [6.07, 6.45) is 0.829. The maximum Gasteiger partial charge on any atom is 0.0693 e. The van der Waals surface area contributed by atoms with Crippen LogP contribution < -0.4 is 5.73 Å². The Kier molecular flexibility index (Phi) is 4.43. The highest BCUT2D eigenvalue weighted by Gasteiger charge is 2.32. The lowest BCUT2D eigenvalue weighted by Crippen LogP contribution is -2.48. The van der Waals surface area contributed by atoms with E-state index in [0.717, 1.165) is 19.5 Å². The molecule has 4 heteroatoms. The van der Waals surface area contributed by atoms with Gasteiger partial charge in [-0.3, -0.25) is 4.90 Å². The zero-order valence-corrected chi connectivity index (χ0v) is 12.3. The summed E-state index contributed by atoms with van der Waals surface area (Å²) in [6, 6.07) is 4.66. The molecule has 102 valence electrons. The quantitative estimate of drug-likeness (QED) is 0.883. The van der Waals surface area contributed by atoms with Gasteiger partial charge in [-0.25, -0.2) is 0 Å². The van der Waals surface area contributed by atoms with Gasteiger partial charge >= 0.3 is 0 Å². The maximum absolute atomic E-state index is 10.1. The van der Waals surface area contributed by atoms with E-state index < -0.39 is 0 Å². The predicted molar refractivity (Wildman–Crippen MR) is 76.8 cm³/mol. The summed E-state index contributed by atoms with van der Waals surface area (Å²) >= 11 is 1.82. The normalized spacial score (nSPS) is 29.2. The van der Waals surface area contributed by atoms with E-state index in [0.29, 0.717) is 5.92 Å². The van der Waals surface area contributed by atoms with Crippen LogP contribution >= 0.6 is 11.3 Å². The summed E-state index contributed by atoms with van der Waals surface area (Å²) < 4.78 is 0. The van der Waals surface area contributed by atoms with Crippen molar-refractivity contribution in [1.82, 2.24) is 4.90 Å². The van der Waals surface area contributed by atoms with Crippen LogP contribution in [0.4, 0.5) is 0 Å². The molecule has 2 rings (SSSR count). The van der Waals surface area contributed by atoms with Gasteiger partial charge in [0.1, 0.15) is 0 Å². The van der Waals surface area contributed by atoms with Crippen LogP contribution in [0, 0.1) is 12.8 Å². The van der Waals surface area contributed by atoms with Crippen molar-refractivity contribution in [2.75, 3.05) is 13.1 Å². The third-order valence-electron chi connectivity index (χ3n) is 3.89. The maximum atomic E-state index is 10.1. The third-order valence-corrected chi connectivity index (χ3v) is 4.97. The number of piperidine rings is 1. The molecule has 0 bridgehead atoms. The SMILES string of the molecule is Cc1ccc(C(C(C)N)N2CCC(C)C(O)C2)s1. The Balaban J connectivity index is 2.16. The molecule has 1 saturated heterocycles. The van der Waals surface area contributed by atoms with Crippen LogP contribution in [0.2, 0.25) is 0 Å². The van der Waals surface area contributed by atoms with Crippen molar-refractivity contribution in [2.24, 2.45) is 11.7 Å². The number of nitrogens with zero attached hydrogens (tertiary/aromatic N) is 1. The number of hydrogen-bond acceptors (Lipinski definition) is 4. The minimum atomic E-state index is -0.221. The van der Waals surface area contributed by atoms with Gasteiger partial charge in [-0.1, -0.05) is 6.92 Å². The molecule has 18 heavy (non-hydrogen) atoms. The molecule has 3 nitrogen and oxygen atoms in total. The fraction of sp³-hybridized carbons (Fsp3) is 0.714. The molecule has 4 unspecified atom stereocenters. The lowest BCUT2D eigenvalue weighted by Gasteiger charge is -2.40. The first-order valence-corrected chi connectivity index (χ1v) is 7.54. The fourth-order valence-electron chi connectivity index (χ4n) is 2.71. The summed E-state index contributed by atoms with van der Waals surface area (Å²) in [7, 11) is 0. The molecular weight excluding hydrogens is 244 g/mol. The smallest absolute Gasteiger partial charge is 0.0693 e. The van der Waals surface area contributed by atoms with Crippen LogP contribution in [0.3, 0.4) is 0 Å². The number of aliphatic hydroxyl groups is 1. The van der Waals surface area contributed by atoms with E-state index in [9.17, 15) is 5.11 Å². The summed E-state index contributed by atoms with van der Waals surface area (Å²) in [5.74, 6) is 0.403. The van der Waals surface area contributed by atoms with Crippen molar-refractivity contribution in [3.63, 3.8) is 0 Å². The summed E-state index contributed by atoms with van der Waals surface area (Å²) in [5, 5.41) is 10.1. The Bertz CT molecular complexity index is 391. The highest BCUT2D eigenvalue weighted by molar-refractivity contribution is 7.12. The Morgan fingerprint density at radius 1 is 1.50 bits per heavy atom. The topological polar surface area (TPSA) is 49.5 Å². The second-order valence-electron chi connectivity index (χ2n) is 5.58. The van der Waals surface area contributed by atoms with Gasteiger partial charge in [0.15, 0.2) is 0 Å². The Hall–Kier alpha value is -0.420. The van der Waals surface area contributed by atoms with E-state index in [1.807, 2.05) is 11.3 Å². The van der Waals surface area contributed by atoms with Gasteiger partial charge < -0.3 is 10.8 Å². The largest absolute Gasteiger partial charge is 0.392 e. The zero-order chi connectivity index (χ0) is 13.3. The molecule has 0 saturated carbocycles. The molecule has 0 aromatic carbocycles. The van der Waals surface area contributed by atoms with E-state index in [-0.39, 0.29) is 18.2 Å². The van der Waals surface area contributed by atoms with Crippen molar-refractivity contribution in [2.45, 2.75) is 45.4 Å². The van der Waals surface area contributed by atoms with Crippen LogP contribution in [-0.2, 0) is 0 Å². The first kappa shape index (κ1) is 14.0. The second kappa shape index (κ2) is 5.70. The first-order chi connectivity index (χ1) is 8.49. The average molecular weight is 268 g/mol. The molecule has 1 aromatic rings. The Labute approximate surface area is 114 Å². The monoisotopic (exact) mass is 268 g/mol. The molecule has 0 amide bonds. The number of likely N-dealkylation sites (tertiary alicyclic amines) is 1. The van der Waals surface area contributed by atoms with Gasteiger partial charge in [-0.15, -0.1) is 11.3 Å². The van der Waals surface area contributed by atoms with E-state index >= 15 is 0 Å². The Morgan fingerprint density at radius 3 is 2.72 bits per heavy atom. The molecule has 0 radical (unpaired) electrons. The van der Waals surface area contributed by atoms with Crippen LogP contribution in [-0.4, -0.2) is 35.2 Å². The summed E-state index contributed by atoms with van der Waals surface area (Å²) in [6.45, 7) is 8.08. The van der Waals surface area contributed by atoms with Crippen molar-refractivity contribution in [3.8, 4) is 0 Å². The number of rotatable bonds is 3. The van der Waals surface area contributed by atoms with E-state index in [4.69, 9.17) is 5.73 Å². The van der Waals surface area contributed by atoms with E-state index in [2.05, 4.69) is 37.8 Å². The van der Waals surface area contributed by atoms with E-state index in [1.54, 1.807) is 0 Å². The van der Waals surface area contributed by atoms with Crippen LogP contribution in [0.25, 0.3) is 0 Å². The van der Waals surface area contributed by atoms with Gasteiger partial charge in [-0.2, -0.15) is 0 Å². The molecule has 1 aromatic heterocycles. The van der Waals surface area contributed by atoms with Gasteiger partial charge in [0.05, 0.1) is 12.1 Å². The lowest BCUT2D eigenvalue weighted by molar-refractivity contribution is 0.00612. The molecule has 0 spiro atoms. The van der Waals surface area contributed by atoms with Crippen molar-refractivity contribution in [1.29, 1.82) is 0 Å². The van der Waals surface area contributed by atoms with Crippen LogP contribution in [0.1, 0.15) is 36.1 Å². The second-order valence-corrected chi connectivity index (χ2v) is 6.90. The van der Waals surface area contributed by atoms with Crippen molar-refractivity contribution < 1.29 is 5.11 Å². The fourth-order valence-corrected chi connectivity index (χ4v) is 3.84. The van der Waals surface area contributed by atoms with Crippen molar-refractivity contribution in [3.05, 3.63) is 21.9 Å². The van der Waals surface area contributed by atoms with Crippen LogP contribution in [0.5, 0.6) is 0 Å². The molecule has 3 N–H and O–H groups in total. The number of thiophene rings is 1. The zero-order valence-electron chi connectivity index (χ0n) is 11.5. The van der Waals surface area contributed by atoms with Gasteiger partial charge in [0.2, 0.25) is 0 Å². The number of aryl methyl sites for hydroxylation is 1. The minimum absolute atomic E-state index is 0.0867. The lowest BCUT2D eigenvalue weighted by atomic mass is 9.93. The molecule has 1 aliphatic heterocycles. The molecule has 2 heterocycles.